The molecule has 2 atom stereocenters. The number of ether oxygens (including phenoxy) is 10. The van der Waals surface area contributed by atoms with Gasteiger partial charge in [0.2, 0.25) is 34.2 Å². The SMILES string of the molecule is O=C(CCCOc1c(-c2ccc(OCc3ccccc3)c(OCc3ccccc3)c2)oc2cc(OCc3ccccc3)cc(OCc3ccccc3)c2c1=O)N[C@H]1CCCC[C@H]1NC(=O)CCCOc1c(-c2ccc(OCc3ccccc3)c(OCc3ccccc3)c2)oc2cc(OCc3ccccc3)cc(OCc3ccccc3)c2c1=O. The number of nitrogens with one attached hydrogen (secondary N) is 2. The smallest absolute Gasteiger partial charge is 0.239 e. The van der Waals surface area contributed by atoms with Crippen LogP contribution in [0.3, 0.4) is 0 Å². The van der Waals surface area contributed by atoms with Gasteiger partial charge in [-0.3, -0.25) is 19.2 Å². The third-order valence-electron chi connectivity index (χ3n) is 20.2. The number of fused-ring (bicyclic) bond motifs is 2. The molecule has 14 aromatic rings. The number of amides is 2. The standard InChI is InChI=1S/C100H90N2O16/c103-91(47-27-53-107-99-95(105)93-87(115-67-75-41-21-7-22-42-75)57-79(109-61-69-29-9-1-10-30-69)59-89(93)117-97(99)77-49-51-83(111-63-71-33-13-3-14-34-71)85(55-77)113-65-73-37-17-5-18-38-73)101-81-45-25-26-46-82(81)102-92(104)48-28-54-108-100-96(106)94-88(116-68-76-43-23-8-24-44-76)58-80(110-62-70-31-11-2-12-32-70)60-90(94)118-98(100)78-50-52-84(112-64-72-35-15-4-16-36-72)86(56-78)114-66-74-39-19-6-20-40-74/h1-24,29-44,49-52,55-60,81-82H,25-28,45-48,53-54,61-68H2,(H,101,103)(H,102,104)/t81-,82+. The van der Waals surface area contributed by atoms with Crippen molar-refractivity contribution in [3.63, 3.8) is 0 Å². The highest BCUT2D eigenvalue weighted by atomic mass is 16.5. The van der Waals surface area contributed by atoms with E-state index >= 15 is 9.59 Å². The van der Waals surface area contributed by atoms with Gasteiger partial charge in [0.1, 0.15) is 97.8 Å². The lowest BCUT2D eigenvalue weighted by atomic mass is 9.90. The van der Waals surface area contributed by atoms with Crippen molar-refractivity contribution in [1.82, 2.24) is 10.6 Å². The maximum atomic E-state index is 15.5. The molecule has 1 fully saturated rings. The molecule has 0 unspecified atom stereocenters. The number of hydrogen-bond donors (Lipinski definition) is 2. The Hall–Kier alpha value is -14.0. The second-order valence-corrected chi connectivity index (χ2v) is 28.8. The van der Waals surface area contributed by atoms with Crippen molar-refractivity contribution in [2.24, 2.45) is 0 Å². The molecule has 15 rings (SSSR count). The normalized spacial score (nSPS) is 13.1. The van der Waals surface area contributed by atoms with Crippen LogP contribution in [0.25, 0.3) is 44.6 Å². The van der Waals surface area contributed by atoms with E-state index in [0.717, 1.165) is 57.3 Å². The average Bonchev–Trinajstić information content (AvgIpc) is 0.759. The minimum absolute atomic E-state index is 0.0318. The molecule has 2 amide bonds. The van der Waals surface area contributed by atoms with Crippen molar-refractivity contribution >= 4 is 33.8 Å². The first kappa shape index (κ1) is 79.2. The molecular formula is C100H90N2O16. The van der Waals surface area contributed by atoms with E-state index in [0.29, 0.717) is 58.5 Å². The number of benzene rings is 12. The molecule has 2 aromatic heterocycles. The fraction of sp³-hybridized carbons (Fsp3) is 0.200. The molecule has 1 saturated carbocycles. The van der Waals surface area contributed by atoms with Crippen LogP contribution < -0.4 is 68.9 Å². The van der Waals surface area contributed by atoms with E-state index in [1.54, 1.807) is 60.7 Å². The molecular weight excluding hydrogens is 1490 g/mol. The maximum absolute atomic E-state index is 15.5. The van der Waals surface area contributed by atoms with Gasteiger partial charge in [0.05, 0.1) is 13.2 Å². The summed E-state index contributed by atoms with van der Waals surface area (Å²) in [5.41, 5.74) is 7.68. The van der Waals surface area contributed by atoms with E-state index in [9.17, 15) is 9.59 Å². The Labute approximate surface area is 684 Å². The van der Waals surface area contributed by atoms with E-state index < -0.39 is 10.9 Å². The Morgan fingerprint density at radius 2 is 0.568 bits per heavy atom. The topological polar surface area (TPSA) is 211 Å². The minimum Gasteiger partial charge on any atom is -0.489 e. The van der Waals surface area contributed by atoms with Gasteiger partial charge in [-0.25, -0.2) is 0 Å². The van der Waals surface area contributed by atoms with E-state index in [1.807, 2.05) is 243 Å². The first-order valence-corrected chi connectivity index (χ1v) is 39.9. The molecule has 0 aliphatic heterocycles. The number of carbonyl (C=O) groups excluding carboxylic acids is 2. The van der Waals surface area contributed by atoms with Crippen molar-refractivity contribution in [3.8, 4) is 80.1 Å². The summed E-state index contributed by atoms with van der Waals surface area (Å²) in [7, 11) is 0. The van der Waals surface area contributed by atoms with Crippen LogP contribution in [-0.4, -0.2) is 37.1 Å². The fourth-order valence-corrected chi connectivity index (χ4v) is 14.0. The quantitative estimate of drug-likeness (QED) is 0.0345. The van der Waals surface area contributed by atoms with Gasteiger partial charge in [0.15, 0.2) is 34.5 Å². The van der Waals surface area contributed by atoms with Gasteiger partial charge < -0.3 is 66.8 Å². The molecule has 1 aliphatic rings. The summed E-state index contributed by atoms with van der Waals surface area (Å²) in [4.78, 5) is 59.4. The van der Waals surface area contributed by atoms with Crippen molar-refractivity contribution in [2.45, 2.75) is 116 Å². The molecule has 596 valence electrons. The molecule has 1 aliphatic carbocycles. The minimum atomic E-state index is -0.504. The zero-order chi connectivity index (χ0) is 80.5. The summed E-state index contributed by atoms with van der Waals surface area (Å²) in [6.07, 6.45) is 3.42. The van der Waals surface area contributed by atoms with Crippen molar-refractivity contribution < 1.29 is 65.8 Å². The van der Waals surface area contributed by atoms with Gasteiger partial charge >= 0.3 is 0 Å². The molecule has 0 spiro atoms. The summed E-state index contributed by atoms with van der Waals surface area (Å²) in [5, 5.41) is 6.72. The Bertz CT molecular complexity index is 5410. The fourth-order valence-electron chi connectivity index (χ4n) is 14.0. The summed E-state index contributed by atoms with van der Waals surface area (Å²) < 4.78 is 78.7. The molecule has 12 aromatic carbocycles. The van der Waals surface area contributed by atoms with E-state index in [1.165, 1.54) is 0 Å². The predicted octanol–water partition coefficient (Wildman–Crippen LogP) is 20.4. The molecule has 0 bridgehead atoms. The summed E-state index contributed by atoms with van der Waals surface area (Å²) in [6, 6.07) is 94.7. The van der Waals surface area contributed by atoms with Gasteiger partial charge in [-0.1, -0.05) is 255 Å². The Morgan fingerprint density at radius 3 is 0.864 bits per heavy atom. The summed E-state index contributed by atoms with van der Waals surface area (Å²) >= 11 is 0. The van der Waals surface area contributed by atoms with Crippen molar-refractivity contribution in [3.05, 3.63) is 368 Å². The first-order chi connectivity index (χ1) is 58.1. The predicted molar refractivity (Wildman–Crippen MR) is 454 cm³/mol. The first-order valence-electron chi connectivity index (χ1n) is 39.9. The largest absolute Gasteiger partial charge is 0.489 e. The summed E-state index contributed by atoms with van der Waals surface area (Å²) in [6.45, 7) is 1.57. The van der Waals surface area contributed by atoms with Crippen LogP contribution in [0.1, 0.15) is 95.9 Å². The highest BCUT2D eigenvalue weighted by Crippen LogP contribution is 2.44. The lowest BCUT2D eigenvalue weighted by Gasteiger charge is -2.33. The monoisotopic (exact) mass is 1570 g/mol. The lowest BCUT2D eigenvalue weighted by Crippen LogP contribution is -2.53. The Kier molecular flexibility index (Phi) is 26.8. The van der Waals surface area contributed by atoms with Crippen molar-refractivity contribution in [2.75, 3.05) is 13.2 Å². The van der Waals surface area contributed by atoms with Crippen LogP contribution in [0.15, 0.2) is 322 Å². The van der Waals surface area contributed by atoms with Crippen LogP contribution in [0, 0.1) is 0 Å². The zero-order valence-electron chi connectivity index (χ0n) is 65.3. The molecule has 18 heteroatoms. The Balaban J connectivity index is 0.657. The van der Waals surface area contributed by atoms with E-state index in [4.69, 9.17) is 56.2 Å². The van der Waals surface area contributed by atoms with Crippen LogP contribution >= 0.6 is 0 Å². The molecule has 2 N–H and O–H groups in total. The van der Waals surface area contributed by atoms with Gasteiger partial charge in [-0.15, -0.1) is 0 Å². The molecule has 118 heavy (non-hydrogen) atoms. The van der Waals surface area contributed by atoms with Gasteiger partial charge in [0.25, 0.3) is 0 Å². The number of hydrogen-bond acceptors (Lipinski definition) is 16. The third-order valence-corrected chi connectivity index (χ3v) is 20.2. The summed E-state index contributed by atoms with van der Waals surface area (Å²) in [5.74, 6) is 2.50. The van der Waals surface area contributed by atoms with Gasteiger partial charge in [0, 0.05) is 60.3 Å². The van der Waals surface area contributed by atoms with Crippen LogP contribution in [0.5, 0.6) is 57.5 Å². The Morgan fingerprint density at radius 1 is 0.297 bits per heavy atom. The van der Waals surface area contributed by atoms with E-state index in [-0.39, 0.29) is 172 Å². The average molecular weight is 1580 g/mol. The maximum Gasteiger partial charge on any atom is 0.239 e. The van der Waals surface area contributed by atoms with Crippen molar-refractivity contribution in [1.29, 1.82) is 0 Å². The molecule has 0 radical (unpaired) electrons. The second-order valence-electron chi connectivity index (χ2n) is 28.8. The molecule has 2 heterocycles. The third kappa shape index (κ3) is 21.3. The molecule has 0 saturated heterocycles. The van der Waals surface area contributed by atoms with Gasteiger partial charge in [-0.2, -0.15) is 0 Å². The zero-order valence-corrected chi connectivity index (χ0v) is 65.3. The highest BCUT2D eigenvalue weighted by molar-refractivity contribution is 5.90. The van der Waals surface area contributed by atoms with Crippen LogP contribution in [0.2, 0.25) is 0 Å². The van der Waals surface area contributed by atoms with E-state index in [2.05, 4.69) is 10.6 Å². The van der Waals surface area contributed by atoms with Gasteiger partial charge in [-0.05, 0) is 107 Å². The van der Waals surface area contributed by atoms with Crippen LogP contribution in [0.4, 0.5) is 0 Å². The second kappa shape index (κ2) is 39.8. The lowest BCUT2D eigenvalue weighted by molar-refractivity contribution is -0.125. The number of carbonyl (C=O) groups is 2. The van der Waals surface area contributed by atoms with Crippen LogP contribution in [-0.2, 0) is 62.4 Å². The highest BCUT2D eigenvalue weighted by Gasteiger charge is 2.30. The number of rotatable bonds is 38. The molecule has 18 nitrogen and oxygen atoms in total.